The zero-order chi connectivity index (χ0) is 15.1. The largest absolute Gasteiger partial charge is 0.384 e. The fourth-order valence-electron chi connectivity index (χ4n) is 2.82. The fourth-order valence-corrected chi connectivity index (χ4v) is 2.82. The first-order valence-corrected chi connectivity index (χ1v) is 7.70. The molecule has 1 saturated carbocycles. The van der Waals surface area contributed by atoms with Crippen molar-refractivity contribution in [2.45, 2.75) is 45.1 Å². The van der Waals surface area contributed by atoms with Crippen molar-refractivity contribution in [1.29, 1.82) is 0 Å². The van der Waals surface area contributed by atoms with Crippen LogP contribution in [0.25, 0.3) is 0 Å². The van der Waals surface area contributed by atoms with Crippen LogP contribution >= 0.6 is 0 Å². The van der Waals surface area contributed by atoms with Gasteiger partial charge in [-0.25, -0.2) is 0 Å². The van der Waals surface area contributed by atoms with Crippen LogP contribution in [0, 0.1) is 17.8 Å². The molecule has 0 heterocycles. The molecule has 0 saturated heterocycles. The highest BCUT2D eigenvalue weighted by molar-refractivity contribution is 5.96. The molecule has 1 aliphatic rings. The van der Waals surface area contributed by atoms with Crippen molar-refractivity contribution in [2.24, 2.45) is 5.92 Å². The molecule has 1 amide bonds. The Bertz CT molecular complexity index is 542. The summed E-state index contributed by atoms with van der Waals surface area (Å²) in [5, 5.41) is 11.9. The molecular weight excluding hydrogens is 262 g/mol. The van der Waals surface area contributed by atoms with E-state index in [1.807, 2.05) is 18.2 Å². The summed E-state index contributed by atoms with van der Waals surface area (Å²) >= 11 is 0. The number of carbonyl (C=O) groups is 1. The van der Waals surface area contributed by atoms with E-state index in [0.29, 0.717) is 11.1 Å². The Hall–Kier alpha value is -1.79. The topological polar surface area (TPSA) is 49.3 Å². The number of hydrogen-bond donors (Lipinski definition) is 2. The number of aliphatic hydroxyl groups is 1. The minimum absolute atomic E-state index is 0.0580. The van der Waals surface area contributed by atoms with E-state index < -0.39 is 0 Å². The maximum atomic E-state index is 12.4. The molecule has 21 heavy (non-hydrogen) atoms. The van der Waals surface area contributed by atoms with E-state index in [1.54, 1.807) is 6.07 Å². The van der Waals surface area contributed by atoms with Gasteiger partial charge in [0.25, 0.3) is 5.91 Å². The Morgan fingerprint density at radius 3 is 2.90 bits per heavy atom. The van der Waals surface area contributed by atoms with Crippen molar-refractivity contribution in [3.05, 3.63) is 35.4 Å². The first-order valence-electron chi connectivity index (χ1n) is 7.70. The van der Waals surface area contributed by atoms with Gasteiger partial charge in [-0.3, -0.25) is 4.79 Å². The van der Waals surface area contributed by atoms with Crippen LogP contribution in [0.3, 0.4) is 0 Å². The van der Waals surface area contributed by atoms with Crippen molar-refractivity contribution < 1.29 is 9.90 Å². The molecule has 1 aromatic rings. The summed E-state index contributed by atoms with van der Waals surface area (Å²) in [6.45, 7) is 2.08. The van der Waals surface area contributed by atoms with Crippen LogP contribution in [0.4, 0.5) is 0 Å². The normalized spacial score (nSPS) is 21.8. The number of rotatable bonds is 2. The number of aliphatic hydroxyl groups excluding tert-OH is 1. The second-order valence-corrected chi connectivity index (χ2v) is 5.79. The third-order valence-corrected chi connectivity index (χ3v) is 4.07. The standard InChI is InChI=1S/C18H23NO2/c1-14-6-4-9-16(12-11-14)19-18(21)17-10-3-2-7-15(17)8-5-13-20/h2-3,7,10,14,16,20H,4,6,9,11-13H2,1H3,(H,19,21). The number of hydrogen-bond acceptors (Lipinski definition) is 2. The maximum Gasteiger partial charge on any atom is 0.252 e. The SMILES string of the molecule is CC1CCCC(NC(=O)c2ccccc2C#CCO)CC1. The predicted molar refractivity (Wildman–Crippen MR) is 83.9 cm³/mol. The monoisotopic (exact) mass is 285 g/mol. The third-order valence-electron chi connectivity index (χ3n) is 4.07. The zero-order valence-electron chi connectivity index (χ0n) is 12.6. The van der Waals surface area contributed by atoms with Gasteiger partial charge in [-0.15, -0.1) is 0 Å². The maximum absolute atomic E-state index is 12.4. The van der Waals surface area contributed by atoms with Crippen LogP contribution in [0.1, 0.15) is 54.9 Å². The molecule has 1 aromatic carbocycles. The van der Waals surface area contributed by atoms with E-state index in [1.165, 1.54) is 19.3 Å². The molecule has 0 bridgehead atoms. The lowest BCUT2D eigenvalue weighted by Crippen LogP contribution is -2.34. The van der Waals surface area contributed by atoms with E-state index in [4.69, 9.17) is 5.11 Å². The van der Waals surface area contributed by atoms with E-state index in [0.717, 1.165) is 18.8 Å². The molecule has 0 aliphatic heterocycles. The summed E-state index contributed by atoms with van der Waals surface area (Å²) < 4.78 is 0. The van der Waals surface area contributed by atoms with Gasteiger partial charge in [0.15, 0.2) is 0 Å². The van der Waals surface area contributed by atoms with E-state index in [2.05, 4.69) is 24.1 Å². The van der Waals surface area contributed by atoms with Crippen LogP contribution in [-0.4, -0.2) is 23.7 Å². The van der Waals surface area contributed by atoms with Gasteiger partial charge in [0.05, 0.1) is 5.56 Å². The van der Waals surface area contributed by atoms with Gasteiger partial charge in [0, 0.05) is 11.6 Å². The third kappa shape index (κ3) is 4.61. The summed E-state index contributed by atoms with van der Waals surface area (Å²) in [7, 11) is 0. The van der Waals surface area contributed by atoms with Gasteiger partial charge in [-0.2, -0.15) is 0 Å². The molecule has 3 heteroatoms. The predicted octanol–water partition coefficient (Wildman–Crippen LogP) is 2.73. The lowest BCUT2D eigenvalue weighted by atomic mass is 10.0. The van der Waals surface area contributed by atoms with Crippen molar-refractivity contribution in [2.75, 3.05) is 6.61 Å². The molecule has 0 radical (unpaired) electrons. The molecule has 0 aromatic heterocycles. The van der Waals surface area contributed by atoms with Gasteiger partial charge >= 0.3 is 0 Å². The smallest absolute Gasteiger partial charge is 0.252 e. The average molecular weight is 285 g/mol. The molecule has 2 N–H and O–H groups in total. The Morgan fingerprint density at radius 2 is 2.10 bits per heavy atom. The lowest BCUT2D eigenvalue weighted by Gasteiger charge is -2.17. The highest BCUT2D eigenvalue weighted by Gasteiger charge is 2.19. The fraction of sp³-hybridized carbons (Fsp3) is 0.500. The summed E-state index contributed by atoms with van der Waals surface area (Å²) in [6, 6.07) is 7.56. The number of benzene rings is 1. The van der Waals surface area contributed by atoms with Crippen molar-refractivity contribution in [3.8, 4) is 11.8 Å². The van der Waals surface area contributed by atoms with Crippen LogP contribution in [0.5, 0.6) is 0 Å². The minimum Gasteiger partial charge on any atom is -0.384 e. The molecule has 2 atom stereocenters. The van der Waals surface area contributed by atoms with Crippen molar-refractivity contribution >= 4 is 5.91 Å². The Kier molecular flexibility index (Phi) is 5.83. The zero-order valence-corrected chi connectivity index (χ0v) is 12.6. The molecule has 1 aliphatic carbocycles. The summed E-state index contributed by atoms with van der Waals surface area (Å²) in [6.07, 6.45) is 5.72. The van der Waals surface area contributed by atoms with Crippen LogP contribution in [0.2, 0.25) is 0 Å². The van der Waals surface area contributed by atoms with E-state index >= 15 is 0 Å². The summed E-state index contributed by atoms with van der Waals surface area (Å²) in [5.41, 5.74) is 1.27. The molecule has 1 fully saturated rings. The number of carbonyl (C=O) groups excluding carboxylic acids is 1. The Morgan fingerprint density at radius 1 is 1.29 bits per heavy atom. The highest BCUT2D eigenvalue weighted by Crippen LogP contribution is 2.23. The molecule has 3 nitrogen and oxygen atoms in total. The summed E-state index contributed by atoms with van der Waals surface area (Å²) in [5.74, 6) is 6.15. The number of amides is 1. The molecule has 2 rings (SSSR count). The Balaban J connectivity index is 2.06. The molecule has 2 unspecified atom stereocenters. The van der Waals surface area contributed by atoms with Gasteiger partial charge in [0.1, 0.15) is 6.61 Å². The second-order valence-electron chi connectivity index (χ2n) is 5.79. The second kappa shape index (κ2) is 7.85. The van der Waals surface area contributed by atoms with Gasteiger partial charge < -0.3 is 10.4 Å². The first kappa shape index (κ1) is 15.6. The van der Waals surface area contributed by atoms with Gasteiger partial charge in [-0.1, -0.05) is 43.7 Å². The van der Waals surface area contributed by atoms with Gasteiger partial charge in [0.2, 0.25) is 0 Å². The quantitative estimate of drug-likeness (QED) is 0.648. The van der Waals surface area contributed by atoms with Crippen LogP contribution in [-0.2, 0) is 0 Å². The van der Waals surface area contributed by atoms with Crippen LogP contribution in [0.15, 0.2) is 24.3 Å². The Labute approximate surface area is 126 Å². The van der Waals surface area contributed by atoms with E-state index in [-0.39, 0.29) is 18.6 Å². The lowest BCUT2D eigenvalue weighted by molar-refractivity contribution is 0.0933. The van der Waals surface area contributed by atoms with Crippen molar-refractivity contribution in [3.63, 3.8) is 0 Å². The molecule has 0 spiro atoms. The molecule has 112 valence electrons. The van der Waals surface area contributed by atoms with Crippen LogP contribution < -0.4 is 5.32 Å². The highest BCUT2D eigenvalue weighted by atomic mass is 16.2. The first-order chi connectivity index (χ1) is 10.2. The van der Waals surface area contributed by atoms with E-state index in [9.17, 15) is 4.79 Å². The van der Waals surface area contributed by atoms with Gasteiger partial charge in [-0.05, 0) is 37.3 Å². The average Bonchev–Trinajstić information content (AvgIpc) is 2.70. The summed E-state index contributed by atoms with van der Waals surface area (Å²) in [4.78, 5) is 12.4. The molecular formula is C18H23NO2. The minimum atomic E-state index is -0.198. The number of nitrogens with one attached hydrogen (secondary N) is 1. The van der Waals surface area contributed by atoms with Crippen molar-refractivity contribution in [1.82, 2.24) is 5.32 Å².